The first-order valence-electron chi connectivity index (χ1n) is 4.37. The number of carbonyl (C=O) groups excluding carboxylic acids is 1. The molecule has 0 aliphatic heterocycles. The minimum atomic E-state index is -0.909. The molecule has 8 heteroatoms. The Balaban J connectivity index is 2.43. The third-order valence-corrected chi connectivity index (χ3v) is 2.57. The van der Waals surface area contributed by atoms with E-state index in [1.807, 2.05) is 0 Å². The van der Waals surface area contributed by atoms with Crippen molar-refractivity contribution in [2.75, 3.05) is 12.4 Å². The molecule has 1 aromatic rings. The number of carboxylic acids is 1. The normalized spacial score (nSPS) is 10.0. The van der Waals surface area contributed by atoms with Gasteiger partial charge >= 0.3 is 12.1 Å². The van der Waals surface area contributed by atoms with Gasteiger partial charge in [-0.05, 0) is 0 Å². The highest BCUT2D eigenvalue weighted by molar-refractivity contribution is 7.99. The predicted octanol–water partition coefficient (Wildman–Crippen LogP) is 0.155. The van der Waals surface area contributed by atoms with Crippen LogP contribution in [0.3, 0.4) is 0 Å². The van der Waals surface area contributed by atoms with Crippen molar-refractivity contribution < 1.29 is 19.4 Å². The molecular weight excluding hydrogens is 234 g/mol. The Bertz CT molecular complexity index is 379. The largest absolute Gasteiger partial charge is 0.481 e. The summed E-state index contributed by atoms with van der Waals surface area (Å²) < 4.78 is 6.25. The SMILES string of the molecule is NC(=O)OCCn1ccnc1SCC(=O)O. The lowest BCUT2D eigenvalue weighted by molar-refractivity contribution is -0.133. The van der Waals surface area contributed by atoms with E-state index < -0.39 is 12.1 Å². The summed E-state index contributed by atoms with van der Waals surface area (Å²) in [5.74, 6) is -0.971. The number of nitrogens with two attached hydrogens (primary N) is 1. The Morgan fingerprint density at radius 1 is 1.62 bits per heavy atom. The smallest absolute Gasteiger partial charge is 0.404 e. The zero-order valence-electron chi connectivity index (χ0n) is 8.33. The summed E-state index contributed by atoms with van der Waals surface area (Å²) in [5, 5.41) is 9.07. The lowest BCUT2D eigenvalue weighted by atomic mass is 10.6. The molecule has 0 unspecified atom stereocenters. The van der Waals surface area contributed by atoms with Crippen molar-refractivity contribution in [1.29, 1.82) is 0 Å². The minimum absolute atomic E-state index is 0.0618. The highest BCUT2D eigenvalue weighted by Crippen LogP contribution is 2.14. The molecule has 0 aliphatic rings. The third-order valence-electron chi connectivity index (χ3n) is 1.58. The lowest BCUT2D eigenvalue weighted by Crippen LogP contribution is -2.16. The first-order chi connectivity index (χ1) is 7.59. The molecule has 0 aromatic carbocycles. The fourth-order valence-corrected chi connectivity index (χ4v) is 1.68. The molecular formula is C8H11N3O4S. The number of carboxylic acid groups (broad SMARTS) is 1. The van der Waals surface area contributed by atoms with Gasteiger partial charge in [0.05, 0.1) is 12.3 Å². The first-order valence-corrected chi connectivity index (χ1v) is 5.36. The molecule has 0 atom stereocenters. The van der Waals surface area contributed by atoms with Crippen LogP contribution in [0, 0.1) is 0 Å². The van der Waals surface area contributed by atoms with Crippen molar-refractivity contribution in [3.63, 3.8) is 0 Å². The predicted molar refractivity (Wildman–Crippen MR) is 56.1 cm³/mol. The monoisotopic (exact) mass is 245 g/mol. The molecule has 0 radical (unpaired) electrons. The molecule has 0 fully saturated rings. The zero-order valence-corrected chi connectivity index (χ0v) is 9.14. The van der Waals surface area contributed by atoms with Crippen LogP contribution in [0.25, 0.3) is 0 Å². The van der Waals surface area contributed by atoms with Crippen LogP contribution in [-0.2, 0) is 16.1 Å². The van der Waals surface area contributed by atoms with Gasteiger partial charge in [-0.3, -0.25) is 4.79 Å². The zero-order chi connectivity index (χ0) is 12.0. The van der Waals surface area contributed by atoms with Crippen molar-refractivity contribution in [2.45, 2.75) is 11.7 Å². The van der Waals surface area contributed by atoms with Crippen molar-refractivity contribution in [2.24, 2.45) is 5.73 Å². The van der Waals surface area contributed by atoms with Crippen LogP contribution in [0.5, 0.6) is 0 Å². The van der Waals surface area contributed by atoms with Gasteiger partial charge in [0, 0.05) is 12.4 Å². The number of primary amides is 1. The fraction of sp³-hybridized carbons (Fsp3) is 0.375. The summed E-state index contributed by atoms with van der Waals surface area (Å²) in [4.78, 5) is 24.7. The van der Waals surface area contributed by atoms with Crippen LogP contribution in [0.1, 0.15) is 0 Å². The Hall–Kier alpha value is -1.70. The van der Waals surface area contributed by atoms with Gasteiger partial charge in [-0.2, -0.15) is 0 Å². The van der Waals surface area contributed by atoms with E-state index in [0.29, 0.717) is 11.7 Å². The number of imidazole rings is 1. The number of hydrogen-bond donors (Lipinski definition) is 2. The second-order valence-corrected chi connectivity index (χ2v) is 3.70. The molecule has 0 saturated heterocycles. The quantitative estimate of drug-likeness (QED) is 0.691. The van der Waals surface area contributed by atoms with Crippen LogP contribution in [0.2, 0.25) is 0 Å². The van der Waals surface area contributed by atoms with Gasteiger partial charge in [0.2, 0.25) is 0 Å². The van der Waals surface area contributed by atoms with Crippen LogP contribution in [0.4, 0.5) is 4.79 Å². The number of hydrogen-bond acceptors (Lipinski definition) is 5. The number of aromatic nitrogens is 2. The second-order valence-electron chi connectivity index (χ2n) is 2.75. The van der Waals surface area contributed by atoms with Crippen molar-refractivity contribution in [1.82, 2.24) is 9.55 Å². The third kappa shape index (κ3) is 4.22. The van der Waals surface area contributed by atoms with Gasteiger partial charge in [-0.25, -0.2) is 9.78 Å². The van der Waals surface area contributed by atoms with Gasteiger partial charge < -0.3 is 20.1 Å². The minimum Gasteiger partial charge on any atom is -0.481 e. The topological polar surface area (TPSA) is 107 Å². The Morgan fingerprint density at radius 3 is 3.00 bits per heavy atom. The van der Waals surface area contributed by atoms with E-state index in [2.05, 4.69) is 9.72 Å². The Kier molecular flexibility index (Phi) is 4.65. The average Bonchev–Trinajstić information content (AvgIpc) is 2.62. The number of thioether (sulfide) groups is 1. The summed E-state index contributed by atoms with van der Waals surface area (Å²) in [6.07, 6.45) is 2.39. The fourth-order valence-electron chi connectivity index (χ4n) is 0.977. The number of amides is 1. The molecule has 3 N–H and O–H groups in total. The summed E-state index contributed by atoms with van der Waals surface area (Å²) in [5.41, 5.74) is 4.80. The van der Waals surface area contributed by atoms with E-state index in [1.165, 1.54) is 0 Å². The lowest BCUT2D eigenvalue weighted by Gasteiger charge is -2.06. The van der Waals surface area contributed by atoms with Crippen molar-refractivity contribution in [3.8, 4) is 0 Å². The number of ether oxygens (including phenoxy) is 1. The highest BCUT2D eigenvalue weighted by Gasteiger charge is 2.06. The van der Waals surface area contributed by atoms with E-state index in [-0.39, 0.29) is 12.4 Å². The first kappa shape index (κ1) is 12.4. The number of rotatable bonds is 6. The molecule has 0 saturated carbocycles. The summed E-state index contributed by atoms with van der Waals surface area (Å²) >= 11 is 1.10. The Labute approximate surface area is 95.6 Å². The number of aliphatic carboxylic acids is 1. The van der Waals surface area contributed by atoms with Crippen molar-refractivity contribution >= 4 is 23.8 Å². The maximum atomic E-state index is 10.4. The van der Waals surface area contributed by atoms with E-state index in [4.69, 9.17) is 10.8 Å². The van der Waals surface area contributed by atoms with Crippen LogP contribution in [-0.4, -0.2) is 39.1 Å². The molecule has 1 heterocycles. The maximum Gasteiger partial charge on any atom is 0.404 e. The van der Waals surface area contributed by atoms with E-state index >= 15 is 0 Å². The van der Waals surface area contributed by atoms with Gasteiger partial charge in [-0.15, -0.1) is 0 Å². The molecule has 0 bridgehead atoms. The van der Waals surface area contributed by atoms with Crippen LogP contribution < -0.4 is 5.73 Å². The summed E-state index contributed by atoms with van der Waals surface area (Å²) in [7, 11) is 0. The second kappa shape index (κ2) is 6.01. The molecule has 16 heavy (non-hydrogen) atoms. The van der Waals surface area contributed by atoms with Crippen molar-refractivity contribution in [3.05, 3.63) is 12.4 Å². The number of carbonyl (C=O) groups is 2. The van der Waals surface area contributed by atoms with Gasteiger partial charge in [0.25, 0.3) is 0 Å². The Morgan fingerprint density at radius 2 is 2.38 bits per heavy atom. The molecule has 88 valence electrons. The molecule has 7 nitrogen and oxygen atoms in total. The highest BCUT2D eigenvalue weighted by atomic mass is 32.2. The van der Waals surface area contributed by atoms with E-state index in [1.54, 1.807) is 17.0 Å². The van der Waals surface area contributed by atoms with Crippen LogP contribution in [0.15, 0.2) is 17.6 Å². The standard InChI is InChI=1S/C8H11N3O4S/c9-7(14)15-4-3-11-2-1-10-8(11)16-5-6(12)13/h1-2H,3-5H2,(H2,9,14)(H,12,13). The van der Waals surface area contributed by atoms with E-state index in [0.717, 1.165) is 11.8 Å². The maximum absolute atomic E-state index is 10.4. The molecule has 1 aromatic heterocycles. The molecule has 1 rings (SSSR count). The summed E-state index contributed by atoms with van der Waals surface area (Å²) in [6, 6.07) is 0. The van der Waals surface area contributed by atoms with Gasteiger partial charge in [-0.1, -0.05) is 11.8 Å². The van der Waals surface area contributed by atoms with E-state index in [9.17, 15) is 9.59 Å². The summed E-state index contributed by atoms with van der Waals surface area (Å²) in [6.45, 7) is 0.525. The average molecular weight is 245 g/mol. The number of nitrogens with zero attached hydrogens (tertiary/aromatic N) is 2. The van der Waals surface area contributed by atoms with Crippen LogP contribution >= 0.6 is 11.8 Å². The van der Waals surface area contributed by atoms with Gasteiger partial charge in [0.15, 0.2) is 5.16 Å². The molecule has 0 spiro atoms. The van der Waals surface area contributed by atoms with Gasteiger partial charge in [0.1, 0.15) is 6.61 Å². The molecule has 1 amide bonds. The molecule has 0 aliphatic carbocycles.